The fourth-order valence-corrected chi connectivity index (χ4v) is 4.17. The maximum atomic E-state index is 15.3. The van der Waals surface area contributed by atoms with Crippen molar-refractivity contribution in [3.05, 3.63) is 63.8 Å². The molecule has 1 heterocycles. The van der Waals surface area contributed by atoms with Gasteiger partial charge < -0.3 is 9.84 Å². The first kappa shape index (κ1) is 24.7. The van der Waals surface area contributed by atoms with E-state index < -0.39 is 41.3 Å². The van der Waals surface area contributed by atoms with E-state index in [9.17, 15) is 19.1 Å². The molecule has 0 aliphatic carbocycles. The molecule has 0 saturated carbocycles. The van der Waals surface area contributed by atoms with Crippen LogP contribution in [0.3, 0.4) is 0 Å². The molecule has 0 spiro atoms. The van der Waals surface area contributed by atoms with Gasteiger partial charge in [-0.2, -0.15) is 0 Å². The average molecular weight is 478 g/mol. The van der Waals surface area contributed by atoms with Gasteiger partial charge in [-0.15, -0.1) is 0 Å². The van der Waals surface area contributed by atoms with Gasteiger partial charge in [-0.1, -0.05) is 31.9 Å². The molecule has 2 atom stereocenters. The Morgan fingerprint density at radius 3 is 2.39 bits per heavy atom. The molecule has 0 saturated heterocycles. The van der Waals surface area contributed by atoms with E-state index in [1.807, 2.05) is 13.8 Å². The highest BCUT2D eigenvalue weighted by atomic mass is 35.5. The summed E-state index contributed by atoms with van der Waals surface area (Å²) in [5, 5.41) is 9.90. The molecule has 3 rings (SSSR count). The molecule has 0 aliphatic heterocycles. The third kappa shape index (κ3) is 4.47. The minimum absolute atomic E-state index is 0.00165. The molecule has 8 heteroatoms. The van der Waals surface area contributed by atoms with Crippen LogP contribution in [0.1, 0.15) is 61.6 Å². The van der Waals surface area contributed by atoms with Gasteiger partial charge in [-0.3, -0.25) is 14.2 Å². The number of carbonyl (C=O) groups excluding carboxylic acids is 2. The Labute approximate surface area is 195 Å². The lowest BCUT2D eigenvalue weighted by Crippen LogP contribution is -2.25. The molecular formula is C25H26ClF2NO4. The van der Waals surface area contributed by atoms with Crippen molar-refractivity contribution >= 4 is 34.4 Å². The maximum absolute atomic E-state index is 15.3. The molecule has 176 valence electrons. The van der Waals surface area contributed by atoms with Crippen LogP contribution in [0, 0.1) is 24.5 Å². The van der Waals surface area contributed by atoms with E-state index in [0.29, 0.717) is 12.1 Å². The second-order valence-corrected chi connectivity index (χ2v) is 8.82. The minimum Gasteiger partial charge on any atom is -0.505 e. The van der Waals surface area contributed by atoms with E-state index in [-0.39, 0.29) is 33.0 Å². The first-order valence-corrected chi connectivity index (χ1v) is 11.1. The zero-order valence-electron chi connectivity index (χ0n) is 19.1. The Morgan fingerprint density at radius 2 is 1.82 bits per heavy atom. The molecule has 0 amide bonds. The summed E-state index contributed by atoms with van der Waals surface area (Å²) >= 11 is 5.75. The number of nitrogens with zero attached hydrogens (tertiary/aromatic N) is 1. The Bertz CT molecular complexity index is 1240. The first-order valence-electron chi connectivity index (χ1n) is 10.7. The molecule has 3 aromatic rings. The Morgan fingerprint density at radius 1 is 1.15 bits per heavy atom. The normalized spacial score (nSPS) is 13.4. The van der Waals surface area contributed by atoms with Gasteiger partial charge in [0.2, 0.25) is 0 Å². The smallest absolute Gasteiger partial charge is 0.314 e. The summed E-state index contributed by atoms with van der Waals surface area (Å²) in [6.07, 6.45) is 0.190. The summed E-state index contributed by atoms with van der Waals surface area (Å²) in [5.74, 6) is -4.61. The number of halogens is 3. The zero-order valence-corrected chi connectivity index (χ0v) is 19.8. The molecule has 1 unspecified atom stereocenters. The molecule has 1 N–H and O–H groups in total. The molecule has 0 aliphatic rings. The van der Waals surface area contributed by atoms with E-state index in [1.54, 1.807) is 20.8 Å². The second kappa shape index (κ2) is 9.51. The lowest BCUT2D eigenvalue weighted by atomic mass is 9.84. The lowest BCUT2D eigenvalue weighted by Gasteiger charge is -2.24. The number of hydrogen-bond donors (Lipinski definition) is 1. The van der Waals surface area contributed by atoms with Gasteiger partial charge in [0.25, 0.3) is 5.91 Å². The van der Waals surface area contributed by atoms with Crippen LogP contribution in [0.4, 0.5) is 8.78 Å². The molecule has 0 bridgehead atoms. The number of ether oxygens (including phenoxy) is 1. The van der Waals surface area contributed by atoms with Crippen LogP contribution in [-0.4, -0.2) is 27.7 Å². The van der Waals surface area contributed by atoms with Crippen LogP contribution in [0.5, 0.6) is 5.75 Å². The average Bonchev–Trinajstić information content (AvgIpc) is 3.04. The topological polar surface area (TPSA) is 68.5 Å². The van der Waals surface area contributed by atoms with Gasteiger partial charge in [0, 0.05) is 16.6 Å². The van der Waals surface area contributed by atoms with Crippen molar-refractivity contribution in [2.24, 2.45) is 5.92 Å². The van der Waals surface area contributed by atoms with Crippen molar-refractivity contribution in [2.45, 2.75) is 53.1 Å². The van der Waals surface area contributed by atoms with Crippen LogP contribution in [0.25, 0.3) is 10.9 Å². The number of esters is 1. The predicted octanol–water partition coefficient (Wildman–Crippen LogP) is 6.36. The van der Waals surface area contributed by atoms with Gasteiger partial charge in [0.05, 0.1) is 22.6 Å². The molecule has 2 aromatic carbocycles. The third-order valence-electron chi connectivity index (χ3n) is 5.83. The first-order chi connectivity index (χ1) is 15.5. The number of hydrogen-bond acceptors (Lipinski definition) is 4. The fraction of sp³-hybridized carbons (Fsp3) is 0.360. The maximum Gasteiger partial charge on any atom is 0.314 e. The van der Waals surface area contributed by atoms with Gasteiger partial charge in [-0.25, -0.2) is 8.78 Å². The SMILES string of the molecule is CC[C@H](C)C(C(=O)OC(C)C)c1c(C)n(C(=O)c2ccc(Cl)c(F)c2)c2ccc(O)c(F)c12. The summed E-state index contributed by atoms with van der Waals surface area (Å²) < 4.78 is 36.0. The van der Waals surface area contributed by atoms with Crippen molar-refractivity contribution < 1.29 is 28.2 Å². The summed E-state index contributed by atoms with van der Waals surface area (Å²) in [6.45, 7) is 8.75. The molecule has 0 fully saturated rings. The number of benzene rings is 2. The standard InChI is InChI=1S/C25H26ClF2NO4/c1-6-13(4)20(25(32)33-12(2)3)21-14(5)29(18-9-10-19(30)23(28)22(18)21)24(31)15-7-8-16(26)17(27)11-15/h7-13,20,30H,6H2,1-5H3/t13-,20?/m0/s1. The summed E-state index contributed by atoms with van der Waals surface area (Å²) in [5.41, 5.74) is 0.729. The third-order valence-corrected chi connectivity index (χ3v) is 6.14. The van der Waals surface area contributed by atoms with Crippen molar-refractivity contribution in [1.82, 2.24) is 4.57 Å². The second-order valence-electron chi connectivity index (χ2n) is 8.41. The quantitative estimate of drug-likeness (QED) is 0.419. The van der Waals surface area contributed by atoms with E-state index in [1.165, 1.54) is 22.8 Å². The lowest BCUT2D eigenvalue weighted by molar-refractivity contribution is -0.150. The van der Waals surface area contributed by atoms with Gasteiger partial charge in [0.15, 0.2) is 11.6 Å². The molecule has 5 nitrogen and oxygen atoms in total. The summed E-state index contributed by atoms with van der Waals surface area (Å²) in [7, 11) is 0. The number of aromatic nitrogens is 1. The van der Waals surface area contributed by atoms with E-state index in [0.717, 1.165) is 12.1 Å². The number of phenols is 1. The van der Waals surface area contributed by atoms with Crippen LogP contribution < -0.4 is 0 Å². The fourth-order valence-electron chi connectivity index (χ4n) is 4.06. The van der Waals surface area contributed by atoms with E-state index in [2.05, 4.69) is 0 Å². The monoisotopic (exact) mass is 477 g/mol. The summed E-state index contributed by atoms with van der Waals surface area (Å²) in [6, 6.07) is 6.17. The Hall–Kier alpha value is -2.93. The molecule has 0 radical (unpaired) electrons. The van der Waals surface area contributed by atoms with Crippen molar-refractivity contribution in [3.63, 3.8) is 0 Å². The Balaban J connectivity index is 2.35. The van der Waals surface area contributed by atoms with Crippen LogP contribution in [0.2, 0.25) is 5.02 Å². The highest BCUT2D eigenvalue weighted by Gasteiger charge is 2.36. The number of fused-ring (bicyclic) bond motifs is 1. The molecule has 33 heavy (non-hydrogen) atoms. The number of rotatable bonds is 6. The van der Waals surface area contributed by atoms with Crippen molar-refractivity contribution in [3.8, 4) is 5.75 Å². The zero-order chi connectivity index (χ0) is 24.6. The van der Waals surface area contributed by atoms with E-state index in [4.69, 9.17) is 16.3 Å². The number of phenolic OH excluding ortho intramolecular Hbond substituents is 1. The molecular weight excluding hydrogens is 452 g/mol. The van der Waals surface area contributed by atoms with Crippen LogP contribution >= 0.6 is 11.6 Å². The predicted molar refractivity (Wildman–Crippen MR) is 123 cm³/mol. The highest BCUT2D eigenvalue weighted by molar-refractivity contribution is 6.30. The Kier molecular flexibility index (Phi) is 7.12. The number of aromatic hydroxyl groups is 1. The van der Waals surface area contributed by atoms with E-state index >= 15 is 4.39 Å². The van der Waals surface area contributed by atoms with Crippen molar-refractivity contribution in [1.29, 1.82) is 0 Å². The van der Waals surface area contributed by atoms with Gasteiger partial charge >= 0.3 is 5.97 Å². The highest BCUT2D eigenvalue weighted by Crippen LogP contribution is 2.41. The van der Waals surface area contributed by atoms with Crippen LogP contribution in [-0.2, 0) is 9.53 Å². The number of carbonyl (C=O) groups is 2. The van der Waals surface area contributed by atoms with Gasteiger partial charge in [0.1, 0.15) is 5.82 Å². The molecule has 1 aromatic heterocycles. The largest absolute Gasteiger partial charge is 0.505 e. The minimum atomic E-state index is -0.940. The summed E-state index contributed by atoms with van der Waals surface area (Å²) in [4.78, 5) is 26.5. The van der Waals surface area contributed by atoms with Crippen molar-refractivity contribution in [2.75, 3.05) is 0 Å². The van der Waals surface area contributed by atoms with Gasteiger partial charge in [-0.05, 0) is 62.6 Å². The van der Waals surface area contributed by atoms with Crippen LogP contribution in [0.15, 0.2) is 30.3 Å².